The van der Waals surface area contributed by atoms with E-state index in [0.29, 0.717) is 13.0 Å². The molecule has 0 aromatic carbocycles. The number of hydrogen-bond donors (Lipinski definition) is 1. The van der Waals surface area contributed by atoms with Crippen LogP contribution < -0.4 is 5.32 Å². The van der Waals surface area contributed by atoms with E-state index in [4.69, 9.17) is 28.4 Å². The van der Waals surface area contributed by atoms with Crippen LogP contribution in [0.15, 0.2) is 0 Å². The number of carbonyl (C=O) groups excluding carboxylic acids is 4. The number of ether oxygens (including phenoxy) is 6. The number of rotatable bonds is 11. The molecule has 1 aliphatic rings. The molecule has 0 aromatic rings. The maximum absolute atomic E-state index is 11.8. The fourth-order valence-electron chi connectivity index (χ4n) is 2.98. The van der Waals surface area contributed by atoms with E-state index < -0.39 is 54.5 Å². The third-order valence-electron chi connectivity index (χ3n) is 4.10. The molecule has 1 rings (SSSR count). The molecule has 11 heteroatoms. The molecule has 1 N–H and O–H groups in total. The highest BCUT2D eigenvalue weighted by Gasteiger charge is 2.51. The van der Waals surface area contributed by atoms with Crippen molar-refractivity contribution in [3.63, 3.8) is 0 Å². The molecule has 0 saturated carbocycles. The van der Waals surface area contributed by atoms with Crippen molar-refractivity contribution in [2.24, 2.45) is 0 Å². The Kier molecular flexibility index (Phi) is 11.3. The number of esters is 3. The van der Waals surface area contributed by atoms with Crippen molar-refractivity contribution < 1.29 is 47.6 Å². The molecule has 0 aliphatic carbocycles. The molecule has 2 unspecified atom stereocenters. The molecule has 0 radical (unpaired) electrons. The Morgan fingerprint density at radius 3 is 2.00 bits per heavy atom. The Bertz CT molecular complexity index is 596. The van der Waals surface area contributed by atoms with Gasteiger partial charge in [-0.3, -0.25) is 19.2 Å². The number of methoxy groups -OCH3 is 1. The van der Waals surface area contributed by atoms with Gasteiger partial charge in [-0.05, 0) is 12.8 Å². The fourth-order valence-corrected chi connectivity index (χ4v) is 2.98. The van der Waals surface area contributed by atoms with Gasteiger partial charge in [-0.15, -0.1) is 0 Å². The average Bonchev–Trinajstić information content (AvgIpc) is 2.63. The van der Waals surface area contributed by atoms with Gasteiger partial charge in [-0.1, -0.05) is 0 Å². The third kappa shape index (κ3) is 9.06. The Balaban J connectivity index is 3.13. The Hall–Kier alpha value is -2.24. The molecule has 30 heavy (non-hydrogen) atoms. The Morgan fingerprint density at radius 2 is 1.47 bits per heavy atom. The summed E-state index contributed by atoms with van der Waals surface area (Å²) in [6.07, 6.45) is -2.86. The highest BCUT2D eigenvalue weighted by atomic mass is 16.7. The second kappa shape index (κ2) is 13.1. The Labute approximate surface area is 175 Å². The predicted octanol–water partition coefficient (Wildman–Crippen LogP) is 0.0857. The monoisotopic (exact) mass is 433 g/mol. The van der Waals surface area contributed by atoms with E-state index in [1.807, 2.05) is 0 Å². The molecule has 1 amide bonds. The molecular weight excluding hydrogens is 402 g/mol. The minimum Gasteiger partial charge on any atom is -0.463 e. The predicted molar refractivity (Wildman–Crippen MR) is 101 cm³/mol. The van der Waals surface area contributed by atoms with Gasteiger partial charge in [-0.2, -0.15) is 0 Å². The summed E-state index contributed by atoms with van der Waals surface area (Å²) in [5, 5.41) is 2.64. The molecule has 1 saturated heterocycles. The lowest BCUT2D eigenvalue weighted by Gasteiger charge is -2.44. The highest BCUT2D eigenvalue weighted by Crippen LogP contribution is 2.28. The first-order chi connectivity index (χ1) is 14.1. The summed E-state index contributed by atoms with van der Waals surface area (Å²) in [7, 11) is 1.59. The Morgan fingerprint density at radius 1 is 0.867 bits per heavy atom. The van der Waals surface area contributed by atoms with Crippen LogP contribution in [-0.4, -0.2) is 81.4 Å². The lowest BCUT2D eigenvalue weighted by atomic mass is 9.96. The van der Waals surface area contributed by atoms with Crippen molar-refractivity contribution in [1.82, 2.24) is 5.32 Å². The first kappa shape index (κ1) is 25.8. The number of nitrogens with one attached hydrogen (secondary N) is 1. The maximum Gasteiger partial charge on any atom is 0.303 e. The van der Waals surface area contributed by atoms with Gasteiger partial charge >= 0.3 is 17.9 Å². The van der Waals surface area contributed by atoms with Crippen LogP contribution in [0.3, 0.4) is 0 Å². The minimum atomic E-state index is -1.13. The van der Waals surface area contributed by atoms with E-state index in [-0.39, 0.29) is 13.2 Å². The SMILES string of the molecule is COCCCCO[C@@H]1OC(COC(C)=O)[C@H](OC(C)=O)[C@H](OC(C)=O)C1NC(C)=O. The second-order valence-electron chi connectivity index (χ2n) is 6.79. The zero-order chi connectivity index (χ0) is 22.7. The first-order valence-electron chi connectivity index (χ1n) is 9.66. The molecule has 1 heterocycles. The number of hydrogen-bond acceptors (Lipinski definition) is 10. The standard InChI is InChI=1S/C19H31NO10/c1-11(21)20-16-18(29-14(4)24)17(28-13(3)23)15(10-27-12(2)22)30-19(16)26-9-7-6-8-25-5/h15-19H,6-10H2,1-5H3,(H,20,21)/t15?,16?,17-,18+,19+/m0/s1. The van der Waals surface area contributed by atoms with Gasteiger partial charge in [0.2, 0.25) is 5.91 Å². The van der Waals surface area contributed by atoms with Gasteiger partial charge in [0.05, 0.1) is 0 Å². The zero-order valence-electron chi connectivity index (χ0n) is 18.0. The topological polar surface area (TPSA) is 136 Å². The zero-order valence-corrected chi connectivity index (χ0v) is 18.0. The van der Waals surface area contributed by atoms with Crippen molar-refractivity contribution in [3.8, 4) is 0 Å². The van der Waals surface area contributed by atoms with E-state index >= 15 is 0 Å². The van der Waals surface area contributed by atoms with E-state index in [0.717, 1.165) is 6.42 Å². The third-order valence-corrected chi connectivity index (χ3v) is 4.10. The molecule has 0 aromatic heterocycles. The van der Waals surface area contributed by atoms with Crippen molar-refractivity contribution in [2.45, 2.75) is 71.2 Å². The first-order valence-corrected chi connectivity index (χ1v) is 9.66. The van der Waals surface area contributed by atoms with E-state index in [9.17, 15) is 19.2 Å². The normalized spacial score (nSPS) is 25.8. The van der Waals surface area contributed by atoms with Crippen LogP contribution in [0, 0.1) is 0 Å². The van der Waals surface area contributed by atoms with Crippen LogP contribution in [0.2, 0.25) is 0 Å². The van der Waals surface area contributed by atoms with E-state index in [2.05, 4.69) is 5.32 Å². The van der Waals surface area contributed by atoms with E-state index in [1.165, 1.54) is 27.7 Å². The summed E-state index contributed by atoms with van der Waals surface area (Å²) in [6.45, 7) is 5.44. The fraction of sp³-hybridized carbons (Fsp3) is 0.789. The number of carbonyl (C=O) groups is 4. The van der Waals surface area contributed by atoms with Crippen molar-refractivity contribution in [3.05, 3.63) is 0 Å². The molecule has 1 fully saturated rings. The van der Waals surface area contributed by atoms with Gasteiger partial charge < -0.3 is 33.7 Å². The summed E-state index contributed by atoms with van der Waals surface area (Å²) in [6, 6.07) is -0.952. The van der Waals surface area contributed by atoms with Crippen molar-refractivity contribution >= 4 is 23.8 Å². The van der Waals surface area contributed by atoms with Crippen LogP contribution >= 0.6 is 0 Å². The maximum atomic E-state index is 11.8. The highest BCUT2D eigenvalue weighted by molar-refractivity contribution is 5.73. The van der Waals surface area contributed by atoms with Crippen LogP contribution in [0.5, 0.6) is 0 Å². The van der Waals surface area contributed by atoms with Crippen molar-refractivity contribution in [2.75, 3.05) is 26.9 Å². The largest absolute Gasteiger partial charge is 0.463 e. The summed E-state index contributed by atoms with van der Waals surface area (Å²) >= 11 is 0. The number of unbranched alkanes of at least 4 members (excludes halogenated alkanes) is 1. The van der Waals surface area contributed by atoms with Gasteiger partial charge in [0.25, 0.3) is 0 Å². The lowest BCUT2D eigenvalue weighted by molar-refractivity contribution is -0.277. The number of amides is 1. The molecular formula is C19H31NO10. The van der Waals surface area contributed by atoms with Crippen LogP contribution in [-0.2, 0) is 47.6 Å². The van der Waals surface area contributed by atoms with Gasteiger partial charge in [0.15, 0.2) is 18.5 Å². The minimum absolute atomic E-state index is 0.263. The van der Waals surface area contributed by atoms with Gasteiger partial charge in [-0.25, -0.2) is 0 Å². The molecule has 5 atom stereocenters. The van der Waals surface area contributed by atoms with Crippen LogP contribution in [0.1, 0.15) is 40.5 Å². The summed E-state index contributed by atoms with van der Waals surface area (Å²) in [4.78, 5) is 46.4. The summed E-state index contributed by atoms with van der Waals surface area (Å²) in [5.41, 5.74) is 0. The van der Waals surface area contributed by atoms with Crippen LogP contribution in [0.4, 0.5) is 0 Å². The molecule has 0 bridgehead atoms. The van der Waals surface area contributed by atoms with Crippen LogP contribution in [0.25, 0.3) is 0 Å². The summed E-state index contributed by atoms with van der Waals surface area (Å²) in [5.74, 6) is -2.30. The quantitative estimate of drug-likeness (QED) is 0.271. The van der Waals surface area contributed by atoms with Gasteiger partial charge in [0.1, 0.15) is 18.8 Å². The molecule has 172 valence electrons. The second-order valence-corrected chi connectivity index (χ2v) is 6.79. The van der Waals surface area contributed by atoms with Gasteiger partial charge in [0, 0.05) is 48.0 Å². The average molecular weight is 433 g/mol. The molecule has 11 nitrogen and oxygen atoms in total. The summed E-state index contributed by atoms with van der Waals surface area (Å²) < 4.78 is 32.3. The van der Waals surface area contributed by atoms with Crippen molar-refractivity contribution in [1.29, 1.82) is 0 Å². The van der Waals surface area contributed by atoms with E-state index in [1.54, 1.807) is 7.11 Å². The molecule has 1 aliphatic heterocycles. The smallest absolute Gasteiger partial charge is 0.303 e. The molecule has 0 spiro atoms. The lowest BCUT2D eigenvalue weighted by Crippen LogP contribution is -2.66.